The standard InChI is InChI=1S/C25H29F3N2O2/c1-17-5-4-8-19(13-17)21-15-20(30-9-11-32-12-10-30)16-22(25(26,27)28)24(21)29-23(31)14-18-6-2-3-7-18/h4-5,8,13,15-16,18H,2-3,6-7,9-12,14H2,1H3,(H,29,31). The highest BCUT2D eigenvalue weighted by atomic mass is 19.4. The van der Waals surface area contributed by atoms with Gasteiger partial charge in [-0.05, 0) is 43.4 Å². The molecule has 1 aliphatic carbocycles. The van der Waals surface area contributed by atoms with Crippen molar-refractivity contribution in [1.29, 1.82) is 0 Å². The third-order valence-corrected chi connectivity index (χ3v) is 6.35. The molecule has 0 aromatic heterocycles. The van der Waals surface area contributed by atoms with Crippen LogP contribution < -0.4 is 10.2 Å². The molecule has 1 amide bonds. The third-order valence-electron chi connectivity index (χ3n) is 6.35. The summed E-state index contributed by atoms with van der Waals surface area (Å²) >= 11 is 0. The molecule has 1 heterocycles. The summed E-state index contributed by atoms with van der Waals surface area (Å²) in [5, 5.41) is 2.66. The van der Waals surface area contributed by atoms with E-state index >= 15 is 0 Å². The van der Waals surface area contributed by atoms with E-state index in [1.54, 1.807) is 12.1 Å². The van der Waals surface area contributed by atoms with Crippen LogP contribution in [0.1, 0.15) is 43.2 Å². The largest absolute Gasteiger partial charge is 0.418 e. The maximum absolute atomic E-state index is 14.2. The minimum Gasteiger partial charge on any atom is -0.378 e. The Balaban J connectivity index is 1.79. The lowest BCUT2D eigenvalue weighted by Crippen LogP contribution is -2.36. The lowest BCUT2D eigenvalue weighted by Gasteiger charge is -2.31. The van der Waals surface area contributed by atoms with Gasteiger partial charge in [0.2, 0.25) is 5.91 Å². The van der Waals surface area contributed by atoms with Gasteiger partial charge in [-0.1, -0.05) is 42.7 Å². The number of nitrogens with one attached hydrogen (secondary N) is 1. The first-order valence-electron chi connectivity index (χ1n) is 11.3. The van der Waals surface area contributed by atoms with Gasteiger partial charge in [-0.2, -0.15) is 13.2 Å². The quantitative estimate of drug-likeness (QED) is 0.609. The second-order valence-electron chi connectivity index (χ2n) is 8.79. The van der Waals surface area contributed by atoms with Crippen LogP contribution in [0.4, 0.5) is 24.5 Å². The van der Waals surface area contributed by atoms with E-state index in [0.717, 1.165) is 37.3 Å². The Morgan fingerprint density at radius 2 is 1.84 bits per heavy atom. The summed E-state index contributed by atoms with van der Waals surface area (Å²) in [5.74, 6) is -0.102. The third kappa shape index (κ3) is 5.26. The smallest absolute Gasteiger partial charge is 0.378 e. The zero-order valence-corrected chi connectivity index (χ0v) is 18.3. The fourth-order valence-corrected chi connectivity index (χ4v) is 4.70. The van der Waals surface area contributed by atoms with Crippen molar-refractivity contribution in [3.8, 4) is 11.1 Å². The van der Waals surface area contributed by atoms with Crippen LogP contribution in [0.25, 0.3) is 11.1 Å². The van der Waals surface area contributed by atoms with E-state index in [1.165, 1.54) is 0 Å². The highest BCUT2D eigenvalue weighted by molar-refractivity contribution is 5.98. The molecule has 1 saturated carbocycles. The van der Waals surface area contributed by atoms with Crippen molar-refractivity contribution in [2.24, 2.45) is 5.92 Å². The van der Waals surface area contributed by atoms with Crippen LogP contribution in [0, 0.1) is 12.8 Å². The Morgan fingerprint density at radius 1 is 1.12 bits per heavy atom. The second kappa shape index (κ2) is 9.53. The molecular formula is C25H29F3N2O2. The number of aryl methyl sites for hydroxylation is 1. The number of alkyl halides is 3. The van der Waals surface area contributed by atoms with E-state index in [-0.39, 0.29) is 23.9 Å². The molecule has 0 unspecified atom stereocenters. The summed E-state index contributed by atoms with van der Waals surface area (Å²) in [5.41, 5.74) is 1.52. The van der Waals surface area contributed by atoms with Gasteiger partial charge in [0.15, 0.2) is 0 Å². The number of hydrogen-bond acceptors (Lipinski definition) is 3. The molecule has 0 radical (unpaired) electrons. The lowest BCUT2D eigenvalue weighted by molar-refractivity contribution is -0.136. The molecule has 1 aliphatic heterocycles. The molecule has 32 heavy (non-hydrogen) atoms. The van der Waals surface area contributed by atoms with E-state index in [2.05, 4.69) is 5.32 Å². The number of morpholine rings is 1. The van der Waals surface area contributed by atoms with Gasteiger partial charge in [0.25, 0.3) is 0 Å². The van der Waals surface area contributed by atoms with Crippen molar-refractivity contribution in [2.75, 3.05) is 36.5 Å². The molecule has 1 N–H and O–H groups in total. The average molecular weight is 447 g/mol. The maximum Gasteiger partial charge on any atom is 0.418 e. The molecule has 2 aliphatic rings. The van der Waals surface area contributed by atoms with Crippen LogP contribution in [0.15, 0.2) is 36.4 Å². The number of benzene rings is 2. The van der Waals surface area contributed by atoms with Gasteiger partial charge < -0.3 is 15.0 Å². The monoisotopic (exact) mass is 446 g/mol. The second-order valence-corrected chi connectivity index (χ2v) is 8.79. The predicted molar refractivity (Wildman–Crippen MR) is 120 cm³/mol. The van der Waals surface area contributed by atoms with Crippen LogP contribution in [0.3, 0.4) is 0 Å². The van der Waals surface area contributed by atoms with Gasteiger partial charge in [-0.15, -0.1) is 0 Å². The van der Waals surface area contributed by atoms with Crippen molar-refractivity contribution in [1.82, 2.24) is 0 Å². The summed E-state index contributed by atoms with van der Waals surface area (Å²) in [6, 6.07) is 10.3. The number of ether oxygens (including phenoxy) is 1. The van der Waals surface area contributed by atoms with Crippen molar-refractivity contribution in [3.05, 3.63) is 47.5 Å². The first-order valence-corrected chi connectivity index (χ1v) is 11.3. The minimum atomic E-state index is -4.60. The first-order chi connectivity index (χ1) is 15.3. The Kier molecular flexibility index (Phi) is 6.74. The molecule has 7 heteroatoms. The molecule has 0 spiro atoms. The Bertz CT molecular complexity index is 962. The van der Waals surface area contributed by atoms with Gasteiger partial charge in [0, 0.05) is 30.8 Å². The Hall–Kier alpha value is -2.54. The van der Waals surface area contributed by atoms with Crippen LogP contribution in [-0.4, -0.2) is 32.2 Å². The van der Waals surface area contributed by atoms with Crippen molar-refractivity contribution < 1.29 is 22.7 Å². The molecule has 2 fully saturated rings. The summed E-state index contributed by atoms with van der Waals surface area (Å²) < 4.78 is 48.1. The number of rotatable bonds is 5. The van der Waals surface area contributed by atoms with Crippen molar-refractivity contribution in [2.45, 2.75) is 45.2 Å². The summed E-state index contributed by atoms with van der Waals surface area (Å²) in [6.07, 6.45) is -0.268. The number of amides is 1. The molecule has 0 bridgehead atoms. The minimum absolute atomic E-state index is 0.150. The van der Waals surface area contributed by atoms with E-state index in [9.17, 15) is 18.0 Å². The number of halogens is 3. The van der Waals surface area contributed by atoms with Gasteiger partial charge in [0.1, 0.15) is 0 Å². The van der Waals surface area contributed by atoms with Crippen molar-refractivity contribution in [3.63, 3.8) is 0 Å². The topological polar surface area (TPSA) is 41.6 Å². The predicted octanol–water partition coefficient (Wildman–Crippen LogP) is 6.04. The molecule has 4 rings (SSSR count). The summed E-state index contributed by atoms with van der Waals surface area (Å²) in [6.45, 7) is 3.90. The van der Waals surface area contributed by atoms with Crippen molar-refractivity contribution >= 4 is 17.3 Å². The summed E-state index contributed by atoms with van der Waals surface area (Å²) in [4.78, 5) is 14.7. The number of nitrogens with zero attached hydrogens (tertiary/aromatic N) is 1. The van der Waals surface area contributed by atoms with Crippen LogP contribution in [0.5, 0.6) is 0 Å². The normalized spacial score (nSPS) is 17.6. The molecule has 2 aromatic rings. The zero-order chi connectivity index (χ0) is 22.7. The van der Waals surface area contributed by atoms with Crippen LogP contribution in [-0.2, 0) is 15.7 Å². The SMILES string of the molecule is Cc1cccc(-c2cc(N3CCOCC3)cc(C(F)(F)F)c2NC(=O)CC2CCCC2)c1. The van der Waals surface area contributed by atoms with Crippen LogP contribution >= 0.6 is 0 Å². The zero-order valence-electron chi connectivity index (χ0n) is 18.3. The lowest BCUT2D eigenvalue weighted by atomic mass is 9.96. The van der Waals surface area contributed by atoms with Gasteiger partial charge in [0.05, 0.1) is 24.5 Å². The molecule has 172 valence electrons. The Morgan fingerprint density at radius 3 is 2.50 bits per heavy atom. The molecule has 1 saturated heterocycles. The van der Waals surface area contributed by atoms with Crippen LogP contribution in [0.2, 0.25) is 0 Å². The Labute approximate surface area is 186 Å². The highest BCUT2D eigenvalue weighted by Gasteiger charge is 2.37. The number of carbonyl (C=O) groups is 1. The van der Waals surface area contributed by atoms with E-state index in [0.29, 0.717) is 43.1 Å². The van der Waals surface area contributed by atoms with Gasteiger partial charge >= 0.3 is 6.18 Å². The van der Waals surface area contributed by atoms with E-state index in [4.69, 9.17) is 4.74 Å². The molecule has 0 atom stereocenters. The highest BCUT2D eigenvalue weighted by Crippen LogP contribution is 2.44. The fraction of sp³-hybridized carbons (Fsp3) is 0.480. The first kappa shape index (κ1) is 22.6. The van der Waals surface area contributed by atoms with Gasteiger partial charge in [-0.3, -0.25) is 4.79 Å². The number of carbonyl (C=O) groups excluding carboxylic acids is 1. The van der Waals surface area contributed by atoms with E-state index in [1.807, 2.05) is 30.0 Å². The van der Waals surface area contributed by atoms with E-state index < -0.39 is 11.7 Å². The number of hydrogen-bond donors (Lipinski definition) is 1. The fourth-order valence-electron chi connectivity index (χ4n) is 4.70. The molecular weight excluding hydrogens is 417 g/mol. The molecule has 4 nitrogen and oxygen atoms in total. The molecule has 2 aromatic carbocycles. The van der Waals surface area contributed by atoms with Gasteiger partial charge in [-0.25, -0.2) is 0 Å². The summed E-state index contributed by atoms with van der Waals surface area (Å²) in [7, 11) is 0. The number of anilines is 2. The average Bonchev–Trinajstić information content (AvgIpc) is 3.26. The maximum atomic E-state index is 14.2.